The number of piperazine rings is 1. The van der Waals surface area contributed by atoms with Gasteiger partial charge in [0.2, 0.25) is 0 Å². The van der Waals surface area contributed by atoms with E-state index in [0.717, 1.165) is 50.7 Å². The van der Waals surface area contributed by atoms with Crippen molar-refractivity contribution in [3.05, 3.63) is 27.1 Å². The highest BCUT2D eigenvalue weighted by molar-refractivity contribution is 7.15. The lowest BCUT2D eigenvalue weighted by Crippen LogP contribution is -2.62. The van der Waals surface area contributed by atoms with Crippen molar-refractivity contribution in [1.82, 2.24) is 15.1 Å². The second kappa shape index (κ2) is 5.54. The van der Waals surface area contributed by atoms with Crippen molar-refractivity contribution in [3.8, 4) is 0 Å². The van der Waals surface area contributed by atoms with E-state index in [9.17, 15) is 10.1 Å². The molecule has 0 amide bonds. The van der Waals surface area contributed by atoms with E-state index in [1.165, 1.54) is 11.3 Å². The van der Waals surface area contributed by atoms with Crippen molar-refractivity contribution in [1.29, 1.82) is 0 Å². The van der Waals surface area contributed by atoms with E-state index in [-0.39, 0.29) is 9.92 Å². The molecule has 1 aromatic rings. The summed E-state index contributed by atoms with van der Waals surface area (Å²) in [5, 5.41) is 14.2. The maximum Gasteiger partial charge on any atom is 0.324 e. The Morgan fingerprint density at radius 1 is 1.37 bits per heavy atom. The Kier molecular flexibility index (Phi) is 3.79. The Hall–Kier alpha value is -1.02. The summed E-state index contributed by atoms with van der Waals surface area (Å²) in [5.74, 6) is 0. The third-order valence-corrected chi connectivity index (χ3v) is 4.83. The van der Waals surface area contributed by atoms with E-state index in [1.54, 1.807) is 6.07 Å². The van der Waals surface area contributed by atoms with Crippen molar-refractivity contribution in [2.45, 2.75) is 12.6 Å². The molecule has 2 fully saturated rings. The normalized spacial score (nSPS) is 22.3. The van der Waals surface area contributed by atoms with Crippen LogP contribution in [0.4, 0.5) is 5.00 Å². The highest BCUT2D eigenvalue weighted by Gasteiger charge is 2.32. The molecule has 1 N–H and O–H groups in total. The number of thiophene rings is 1. The van der Waals surface area contributed by atoms with Crippen LogP contribution in [0.2, 0.25) is 0 Å². The topological polar surface area (TPSA) is 61.7 Å². The second-order valence-electron chi connectivity index (χ2n) is 5.13. The Morgan fingerprint density at radius 2 is 2.11 bits per heavy atom. The Morgan fingerprint density at radius 3 is 2.74 bits per heavy atom. The molecule has 2 saturated heterocycles. The van der Waals surface area contributed by atoms with Crippen molar-refractivity contribution in [2.75, 3.05) is 39.3 Å². The van der Waals surface area contributed by atoms with Crippen molar-refractivity contribution in [2.24, 2.45) is 0 Å². The van der Waals surface area contributed by atoms with Crippen LogP contribution in [-0.2, 0) is 6.54 Å². The van der Waals surface area contributed by atoms with Crippen LogP contribution in [0.15, 0.2) is 12.1 Å². The first-order valence-corrected chi connectivity index (χ1v) is 7.44. The van der Waals surface area contributed by atoms with Crippen LogP contribution in [0.1, 0.15) is 4.88 Å². The van der Waals surface area contributed by atoms with Gasteiger partial charge in [0.05, 0.1) is 4.92 Å². The van der Waals surface area contributed by atoms with E-state index in [4.69, 9.17) is 0 Å². The molecule has 2 aliphatic rings. The van der Waals surface area contributed by atoms with Gasteiger partial charge in [-0.1, -0.05) is 11.3 Å². The summed E-state index contributed by atoms with van der Waals surface area (Å²) in [6, 6.07) is 4.16. The molecular formula is C12H18N4O2S. The largest absolute Gasteiger partial charge is 0.324 e. The van der Waals surface area contributed by atoms with Gasteiger partial charge in [-0.15, -0.1) is 0 Å². The van der Waals surface area contributed by atoms with E-state index < -0.39 is 0 Å². The third-order valence-electron chi connectivity index (χ3n) is 3.81. The van der Waals surface area contributed by atoms with Gasteiger partial charge in [0, 0.05) is 62.8 Å². The number of rotatable bonds is 4. The molecule has 1 aromatic heterocycles. The average Bonchev–Trinajstić information content (AvgIpc) is 2.83. The fourth-order valence-electron chi connectivity index (χ4n) is 2.72. The van der Waals surface area contributed by atoms with E-state index >= 15 is 0 Å². The van der Waals surface area contributed by atoms with Crippen LogP contribution in [-0.4, -0.2) is 60.0 Å². The molecule has 2 aliphatic heterocycles. The van der Waals surface area contributed by atoms with Gasteiger partial charge in [-0.3, -0.25) is 19.9 Å². The lowest BCUT2D eigenvalue weighted by Gasteiger charge is -2.46. The molecule has 104 valence electrons. The first kappa shape index (κ1) is 13.0. The number of nitrogens with zero attached hydrogens (tertiary/aromatic N) is 3. The maximum absolute atomic E-state index is 10.6. The molecule has 0 saturated carbocycles. The SMILES string of the molecule is O=[N+]([O-])c1ccc(CN2CC(N3CCNCC3)C2)s1. The average molecular weight is 282 g/mol. The Balaban J connectivity index is 1.46. The maximum atomic E-state index is 10.6. The van der Waals surface area contributed by atoms with Crippen molar-refractivity contribution >= 4 is 16.3 Å². The second-order valence-corrected chi connectivity index (χ2v) is 6.28. The molecule has 0 atom stereocenters. The van der Waals surface area contributed by atoms with Gasteiger partial charge in [0.1, 0.15) is 0 Å². The van der Waals surface area contributed by atoms with Gasteiger partial charge < -0.3 is 5.32 Å². The zero-order chi connectivity index (χ0) is 13.2. The predicted molar refractivity (Wildman–Crippen MR) is 74.5 cm³/mol. The Labute approximate surface area is 116 Å². The van der Waals surface area contributed by atoms with Crippen molar-refractivity contribution < 1.29 is 4.92 Å². The Bertz CT molecular complexity index is 452. The number of likely N-dealkylation sites (tertiary alicyclic amines) is 1. The van der Waals surface area contributed by atoms with Crippen LogP contribution in [0, 0.1) is 10.1 Å². The van der Waals surface area contributed by atoms with Crippen molar-refractivity contribution in [3.63, 3.8) is 0 Å². The highest BCUT2D eigenvalue weighted by atomic mass is 32.1. The van der Waals surface area contributed by atoms with E-state index in [1.807, 2.05) is 6.07 Å². The van der Waals surface area contributed by atoms with Gasteiger partial charge in [-0.25, -0.2) is 0 Å². The lowest BCUT2D eigenvalue weighted by molar-refractivity contribution is -0.380. The molecule has 0 unspecified atom stereocenters. The zero-order valence-corrected chi connectivity index (χ0v) is 11.6. The minimum absolute atomic E-state index is 0.245. The van der Waals surface area contributed by atoms with Crippen LogP contribution < -0.4 is 5.32 Å². The molecule has 3 heterocycles. The quantitative estimate of drug-likeness (QED) is 0.652. The molecule has 0 bridgehead atoms. The van der Waals surface area contributed by atoms with Gasteiger partial charge in [0.25, 0.3) is 0 Å². The molecule has 6 nitrogen and oxygen atoms in total. The molecule has 3 rings (SSSR count). The molecule has 0 radical (unpaired) electrons. The predicted octanol–water partition coefficient (Wildman–Crippen LogP) is 0.746. The van der Waals surface area contributed by atoms with Gasteiger partial charge in [-0.2, -0.15) is 0 Å². The first-order valence-electron chi connectivity index (χ1n) is 6.62. The standard InChI is InChI=1S/C12H18N4O2S/c17-16(18)12-2-1-11(19-12)9-14-7-10(8-14)15-5-3-13-4-6-15/h1-2,10,13H,3-9H2. The molecule has 19 heavy (non-hydrogen) atoms. The number of nitrogens with one attached hydrogen (secondary N) is 1. The van der Waals surface area contributed by atoms with Crippen LogP contribution in [0.3, 0.4) is 0 Å². The third kappa shape index (κ3) is 2.94. The van der Waals surface area contributed by atoms with Crippen LogP contribution >= 0.6 is 11.3 Å². The molecule has 0 aliphatic carbocycles. The summed E-state index contributed by atoms with van der Waals surface area (Å²) in [7, 11) is 0. The van der Waals surface area contributed by atoms with Gasteiger partial charge >= 0.3 is 5.00 Å². The number of nitro groups is 1. The van der Waals surface area contributed by atoms with E-state index in [2.05, 4.69) is 15.1 Å². The molecule has 7 heteroatoms. The van der Waals surface area contributed by atoms with Gasteiger partial charge in [-0.05, 0) is 6.07 Å². The fraction of sp³-hybridized carbons (Fsp3) is 0.667. The lowest BCUT2D eigenvalue weighted by atomic mass is 10.1. The zero-order valence-electron chi connectivity index (χ0n) is 10.7. The van der Waals surface area contributed by atoms with Crippen LogP contribution in [0.5, 0.6) is 0 Å². The summed E-state index contributed by atoms with van der Waals surface area (Å²) in [5.41, 5.74) is 0. The molecule has 0 aromatic carbocycles. The first-order chi connectivity index (χ1) is 9.22. The summed E-state index contributed by atoms with van der Waals surface area (Å²) in [6.07, 6.45) is 0. The smallest absolute Gasteiger partial charge is 0.314 e. The summed E-state index contributed by atoms with van der Waals surface area (Å²) < 4.78 is 0. The minimum Gasteiger partial charge on any atom is -0.314 e. The molecule has 0 spiro atoms. The van der Waals surface area contributed by atoms with Crippen LogP contribution in [0.25, 0.3) is 0 Å². The van der Waals surface area contributed by atoms with E-state index in [0.29, 0.717) is 6.04 Å². The molecular weight excluding hydrogens is 264 g/mol. The number of hydrogen-bond acceptors (Lipinski definition) is 6. The summed E-state index contributed by atoms with van der Waals surface area (Å²) >= 11 is 1.29. The highest BCUT2D eigenvalue weighted by Crippen LogP contribution is 2.27. The summed E-state index contributed by atoms with van der Waals surface area (Å²) in [6.45, 7) is 7.49. The fourth-order valence-corrected chi connectivity index (χ4v) is 3.58. The monoisotopic (exact) mass is 282 g/mol. The number of hydrogen-bond donors (Lipinski definition) is 1. The minimum atomic E-state index is -0.312. The summed E-state index contributed by atoms with van der Waals surface area (Å²) in [4.78, 5) is 16.3. The van der Waals surface area contributed by atoms with Gasteiger partial charge in [0.15, 0.2) is 0 Å².